The number of carbonyl (C=O) groups excluding carboxylic acids is 1. The summed E-state index contributed by atoms with van der Waals surface area (Å²) in [6, 6.07) is 0. The highest BCUT2D eigenvalue weighted by Gasteiger charge is 2.40. The molecule has 0 fully saturated rings. The van der Waals surface area contributed by atoms with Gasteiger partial charge < -0.3 is 4.74 Å². The summed E-state index contributed by atoms with van der Waals surface area (Å²) >= 11 is 0. The Morgan fingerprint density at radius 3 is 2.08 bits per heavy atom. The highest BCUT2D eigenvalue weighted by molar-refractivity contribution is 5.87. The Bertz CT molecular complexity index is 176. The van der Waals surface area contributed by atoms with E-state index in [0.717, 1.165) is 0 Å². The quantitative estimate of drug-likeness (QED) is 0.671. The third-order valence-electron chi connectivity index (χ3n) is 1.48. The Labute approximate surface area is 77.3 Å². The van der Waals surface area contributed by atoms with Gasteiger partial charge in [0.2, 0.25) is 5.78 Å². The van der Waals surface area contributed by atoms with Gasteiger partial charge in [0.1, 0.15) is 6.61 Å². The second kappa shape index (κ2) is 4.65. The highest BCUT2D eigenvalue weighted by atomic mass is 19.3. The minimum Gasteiger partial charge on any atom is -0.372 e. The number of rotatable bonds is 5. The maximum absolute atomic E-state index is 13.0. The Kier molecular flexibility index (Phi) is 4.47. The van der Waals surface area contributed by atoms with Crippen molar-refractivity contribution < 1.29 is 18.3 Å². The van der Waals surface area contributed by atoms with Crippen molar-refractivity contribution in [3.63, 3.8) is 0 Å². The first kappa shape index (κ1) is 12.5. The van der Waals surface area contributed by atoms with Crippen molar-refractivity contribution in [3.05, 3.63) is 0 Å². The lowest BCUT2D eigenvalue weighted by Gasteiger charge is -2.18. The van der Waals surface area contributed by atoms with Crippen LogP contribution in [0.5, 0.6) is 0 Å². The summed E-state index contributed by atoms with van der Waals surface area (Å²) in [7, 11) is 0. The molecule has 0 heterocycles. The number of halogens is 2. The van der Waals surface area contributed by atoms with Crippen LogP contribution in [-0.4, -0.2) is 24.4 Å². The molecule has 0 rings (SSSR count). The van der Waals surface area contributed by atoms with Gasteiger partial charge in [-0.3, -0.25) is 4.79 Å². The van der Waals surface area contributed by atoms with Crippen molar-refractivity contribution in [1.82, 2.24) is 0 Å². The van der Waals surface area contributed by atoms with Crippen molar-refractivity contribution in [2.24, 2.45) is 5.92 Å². The predicted molar refractivity (Wildman–Crippen MR) is 45.9 cm³/mol. The van der Waals surface area contributed by atoms with E-state index in [4.69, 9.17) is 4.74 Å². The van der Waals surface area contributed by atoms with Gasteiger partial charge in [-0.05, 0) is 13.8 Å². The molecule has 0 aromatic carbocycles. The van der Waals surface area contributed by atoms with Crippen LogP contribution in [-0.2, 0) is 9.53 Å². The van der Waals surface area contributed by atoms with Crippen molar-refractivity contribution in [3.8, 4) is 0 Å². The van der Waals surface area contributed by atoms with Gasteiger partial charge in [-0.25, -0.2) is 0 Å². The van der Waals surface area contributed by atoms with E-state index in [1.165, 1.54) is 13.8 Å². The summed E-state index contributed by atoms with van der Waals surface area (Å²) in [5, 5.41) is 0. The lowest BCUT2D eigenvalue weighted by molar-refractivity contribution is -0.157. The molecule has 0 saturated heterocycles. The molecule has 0 N–H and O–H groups in total. The smallest absolute Gasteiger partial charge is 0.328 e. The first-order valence-corrected chi connectivity index (χ1v) is 4.31. The minimum absolute atomic E-state index is 0.286. The summed E-state index contributed by atoms with van der Waals surface area (Å²) in [5.74, 6) is -5.07. The first-order chi connectivity index (χ1) is 5.77. The van der Waals surface area contributed by atoms with Gasteiger partial charge in [-0.15, -0.1) is 0 Å². The summed E-state index contributed by atoms with van der Waals surface area (Å²) in [4.78, 5) is 10.9. The second-order valence-corrected chi connectivity index (χ2v) is 3.58. The largest absolute Gasteiger partial charge is 0.372 e. The number of hydrogen-bond acceptors (Lipinski definition) is 2. The number of Topliss-reactive ketones (excluding diaryl/α,β-unsaturated/α-hetero) is 1. The van der Waals surface area contributed by atoms with Gasteiger partial charge in [0, 0.05) is 5.92 Å². The number of hydrogen-bond donors (Lipinski definition) is 0. The van der Waals surface area contributed by atoms with E-state index in [-0.39, 0.29) is 6.10 Å². The van der Waals surface area contributed by atoms with Crippen LogP contribution < -0.4 is 0 Å². The van der Waals surface area contributed by atoms with Crippen LogP contribution in [0.15, 0.2) is 0 Å². The normalized spacial score (nSPS) is 12.6. The zero-order chi connectivity index (χ0) is 10.6. The average Bonchev–Trinajstić information content (AvgIpc) is 1.99. The third kappa shape index (κ3) is 4.31. The molecular formula is C9H16F2O2. The zero-order valence-electron chi connectivity index (χ0n) is 8.43. The summed E-state index contributed by atoms with van der Waals surface area (Å²) in [6.07, 6.45) is -0.286. The molecule has 0 radical (unpaired) electrons. The Morgan fingerprint density at radius 1 is 1.31 bits per heavy atom. The lowest BCUT2D eigenvalue weighted by Crippen LogP contribution is -2.37. The molecule has 0 aliphatic heterocycles. The van der Waals surface area contributed by atoms with Gasteiger partial charge in [0.05, 0.1) is 6.10 Å². The van der Waals surface area contributed by atoms with E-state index in [1.807, 2.05) is 0 Å². The number of ketones is 1. The maximum Gasteiger partial charge on any atom is 0.328 e. The molecule has 0 aromatic rings. The molecule has 4 heteroatoms. The minimum atomic E-state index is -3.35. The van der Waals surface area contributed by atoms with Gasteiger partial charge >= 0.3 is 5.92 Å². The molecule has 0 aromatic heterocycles. The SMILES string of the molecule is CC(C)OCC(F)(F)C(=O)C(C)C. The fourth-order valence-corrected chi connectivity index (χ4v) is 0.765. The van der Waals surface area contributed by atoms with E-state index in [0.29, 0.717) is 0 Å². The first-order valence-electron chi connectivity index (χ1n) is 4.31. The molecule has 0 aliphatic rings. The van der Waals surface area contributed by atoms with Crippen molar-refractivity contribution in [2.45, 2.75) is 39.7 Å². The molecule has 2 nitrogen and oxygen atoms in total. The van der Waals surface area contributed by atoms with Crippen molar-refractivity contribution in [2.75, 3.05) is 6.61 Å². The Morgan fingerprint density at radius 2 is 1.77 bits per heavy atom. The second-order valence-electron chi connectivity index (χ2n) is 3.58. The van der Waals surface area contributed by atoms with Crippen molar-refractivity contribution in [1.29, 1.82) is 0 Å². The lowest BCUT2D eigenvalue weighted by atomic mass is 10.0. The fraction of sp³-hybridized carbons (Fsp3) is 0.889. The molecule has 0 saturated carbocycles. The van der Waals surface area contributed by atoms with E-state index >= 15 is 0 Å². The van der Waals surface area contributed by atoms with Crippen LogP contribution in [0.2, 0.25) is 0 Å². The average molecular weight is 194 g/mol. The number of ether oxygens (including phenoxy) is 1. The van der Waals surface area contributed by atoms with Crippen molar-refractivity contribution >= 4 is 5.78 Å². The molecule has 0 aliphatic carbocycles. The van der Waals surface area contributed by atoms with Gasteiger partial charge in [0.15, 0.2) is 0 Å². The van der Waals surface area contributed by atoms with Crippen LogP contribution >= 0.6 is 0 Å². The van der Waals surface area contributed by atoms with E-state index < -0.39 is 24.2 Å². The molecule has 78 valence electrons. The maximum atomic E-state index is 13.0. The Hall–Kier alpha value is -0.510. The Balaban J connectivity index is 4.14. The zero-order valence-corrected chi connectivity index (χ0v) is 8.43. The highest BCUT2D eigenvalue weighted by Crippen LogP contribution is 2.20. The van der Waals surface area contributed by atoms with E-state index in [9.17, 15) is 13.6 Å². The summed E-state index contributed by atoms with van der Waals surface area (Å²) in [5.41, 5.74) is 0. The van der Waals surface area contributed by atoms with Crippen LogP contribution in [0, 0.1) is 5.92 Å². The number of alkyl halides is 2. The third-order valence-corrected chi connectivity index (χ3v) is 1.48. The summed E-state index contributed by atoms with van der Waals surface area (Å²) < 4.78 is 30.6. The predicted octanol–water partition coefficient (Wildman–Crippen LogP) is 2.27. The van der Waals surface area contributed by atoms with Crippen LogP contribution in [0.25, 0.3) is 0 Å². The monoisotopic (exact) mass is 194 g/mol. The molecule has 0 amide bonds. The van der Waals surface area contributed by atoms with Crippen LogP contribution in [0.1, 0.15) is 27.7 Å². The molecule has 0 atom stereocenters. The topological polar surface area (TPSA) is 26.3 Å². The van der Waals surface area contributed by atoms with E-state index in [1.54, 1.807) is 13.8 Å². The molecular weight excluding hydrogens is 178 g/mol. The van der Waals surface area contributed by atoms with Crippen LogP contribution in [0.4, 0.5) is 8.78 Å². The fourth-order valence-electron chi connectivity index (χ4n) is 0.765. The standard InChI is InChI=1S/C9H16F2O2/c1-6(2)8(12)9(10,11)5-13-7(3)4/h6-7H,5H2,1-4H3. The van der Waals surface area contributed by atoms with Crippen LogP contribution in [0.3, 0.4) is 0 Å². The molecule has 0 spiro atoms. The summed E-state index contributed by atoms with van der Waals surface area (Å²) in [6.45, 7) is 5.38. The molecule has 0 bridgehead atoms. The van der Waals surface area contributed by atoms with Gasteiger partial charge in [-0.2, -0.15) is 8.78 Å². The van der Waals surface area contributed by atoms with E-state index in [2.05, 4.69) is 0 Å². The number of carbonyl (C=O) groups is 1. The molecule has 13 heavy (non-hydrogen) atoms. The van der Waals surface area contributed by atoms with Gasteiger partial charge in [0.25, 0.3) is 0 Å². The van der Waals surface area contributed by atoms with Gasteiger partial charge in [-0.1, -0.05) is 13.8 Å². The molecule has 0 unspecified atom stereocenters.